The van der Waals surface area contributed by atoms with Gasteiger partial charge in [0.1, 0.15) is 19.3 Å². The molecule has 19 heteroatoms. The third kappa shape index (κ3) is 80.1. The Kier molecular flexibility index (Phi) is 76.9. The predicted octanol–water partition coefficient (Wildman–Crippen LogP) is 26.6. The van der Waals surface area contributed by atoms with Crippen molar-refractivity contribution in [1.82, 2.24) is 0 Å². The van der Waals surface area contributed by atoms with E-state index in [0.717, 1.165) is 102 Å². The summed E-state index contributed by atoms with van der Waals surface area (Å²) < 4.78 is 68.8. The Labute approximate surface area is 651 Å². The van der Waals surface area contributed by atoms with Gasteiger partial charge in [-0.2, -0.15) is 0 Å². The van der Waals surface area contributed by atoms with E-state index in [1.165, 1.54) is 276 Å². The van der Waals surface area contributed by atoms with Crippen LogP contribution in [0, 0.1) is 11.8 Å². The zero-order valence-corrected chi connectivity index (χ0v) is 71.5. The van der Waals surface area contributed by atoms with E-state index < -0.39 is 97.5 Å². The van der Waals surface area contributed by atoms with Crippen molar-refractivity contribution in [2.45, 2.75) is 484 Å². The normalized spacial score (nSPS) is 13.8. The Morgan fingerprint density at radius 2 is 0.434 bits per heavy atom. The van der Waals surface area contributed by atoms with Crippen molar-refractivity contribution < 1.29 is 80.2 Å². The van der Waals surface area contributed by atoms with Gasteiger partial charge in [0, 0.05) is 25.7 Å². The van der Waals surface area contributed by atoms with Crippen molar-refractivity contribution in [2.24, 2.45) is 11.8 Å². The molecule has 0 bridgehead atoms. The summed E-state index contributed by atoms with van der Waals surface area (Å²) in [5.41, 5.74) is 0. The average Bonchev–Trinajstić information content (AvgIpc) is 0.902. The fraction of sp³-hybridized carbons (Fsp3) is 0.954. The average molecular weight is 1550 g/mol. The van der Waals surface area contributed by atoms with Crippen LogP contribution in [0.2, 0.25) is 0 Å². The highest BCUT2D eigenvalue weighted by Crippen LogP contribution is 2.45. The van der Waals surface area contributed by atoms with E-state index in [9.17, 15) is 43.2 Å². The number of carbonyl (C=O) groups excluding carboxylic acids is 4. The van der Waals surface area contributed by atoms with Crippen LogP contribution < -0.4 is 0 Å². The zero-order valence-electron chi connectivity index (χ0n) is 69.7. The van der Waals surface area contributed by atoms with Gasteiger partial charge in [-0.3, -0.25) is 37.3 Å². The summed E-state index contributed by atoms with van der Waals surface area (Å²) in [6.45, 7) is 9.62. The predicted molar refractivity (Wildman–Crippen MR) is 437 cm³/mol. The number of hydrogen-bond donors (Lipinski definition) is 3. The molecule has 0 amide bonds. The maximum Gasteiger partial charge on any atom is 0.472 e. The van der Waals surface area contributed by atoms with E-state index in [1.54, 1.807) is 0 Å². The number of aliphatic hydroxyl groups excluding tert-OH is 1. The van der Waals surface area contributed by atoms with Crippen LogP contribution in [0.5, 0.6) is 0 Å². The van der Waals surface area contributed by atoms with Gasteiger partial charge in [-0.25, -0.2) is 9.13 Å². The Morgan fingerprint density at radius 1 is 0.255 bits per heavy atom. The molecule has 0 rings (SSSR count). The van der Waals surface area contributed by atoms with E-state index >= 15 is 0 Å². The van der Waals surface area contributed by atoms with Crippen molar-refractivity contribution in [1.29, 1.82) is 0 Å². The Bertz CT molecular complexity index is 2030. The highest BCUT2D eigenvalue weighted by molar-refractivity contribution is 7.47. The molecule has 0 aromatic heterocycles. The molecule has 0 aliphatic carbocycles. The minimum Gasteiger partial charge on any atom is -0.462 e. The molecule has 0 fully saturated rings. The van der Waals surface area contributed by atoms with E-state index in [2.05, 4.69) is 41.5 Å². The van der Waals surface area contributed by atoms with Gasteiger partial charge in [0.05, 0.1) is 26.4 Å². The van der Waals surface area contributed by atoms with Crippen LogP contribution in [0.4, 0.5) is 0 Å². The van der Waals surface area contributed by atoms with Gasteiger partial charge in [-0.05, 0) is 37.5 Å². The van der Waals surface area contributed by atoms with Crippen LogP contribution >= 0.6 is 15.6 Å². The van der Waals surface area contributed by atoms with Gasteiger partial charge in [-0.1, -0.05) is 414 Å². The number of carbonyl (C=O) groups is 4. The first-order valence-electron chi connectivity index (χ1n) is 45.0. The number of aliphatic hydroxyl groups is 1. The lowest BCUT2D eigenvalue weighted by Gasteiger charge is -2.21. The molecule has 5 atom stereocenters. The SMILES string of the molecule is CCCCCCCCCCCCCCCCCCCCCCCCC(=O)O[C@H](COC(=O)CCCCCCCCCCCCCCCCCCCCC(C)C)COP(=O)(O)OC[C@@H](O)COP(=O)(O)OC[C@@H](COC(=O)CCCCCCCCC(C)C)OC(=O)CCCCCCCCCCCCCCCC. The standard InChI is InChI=1S/C87H170O17P2/c1-7-9-11-13-15-17-19-21-23-24-25-26-27-28-33-36-40-44-48-52-60-66-72-86(91)103-82(75-97-84(89)69-63-57-50-46-42-39-35-32-30-29-31-34-37-41-45-49-55-61-67-79(3)4)77-101-105(93,94)99-73-81(88)74-100-106(95,96)102-78-83(76-98-85(90)70-64-58-54-53-56-62-68-80(5)6)104-87(92)71-65-59-51-47-43-38-22-20-18-16-14-12-10-8-2/h79-83,88H,7-78H2,1-6H3,(H,93,94)(H,95,96)/t81-,82-,83-/m1/s1. The summed E-state index contributed by atoms with van der Waals surface area (Å²) >= 11 is 0. The molecular weight excluding hydrogens is 1380 g/mol. The molecule has 0 heterocycles. The molecule has 17 nitrogen and oxygen atoms in total. The van der Waals surface area contributed by atoms with Gasteiger partial charge >= 0.3 is 39.5 Å². The summed E-state index contributed by atoms with van der Waals surface area (Å²) in [5, 5.41) is 10.7. The lowest BCUT2D eigenvalue weighted by atomic mass is 10.0. The molecule has 630 valence electrons. The molecule has 106 heavy (non-hydrogen) atoms. The number of phosphoric ester groups is 2. The second-order valence-corrected chi connectivity index (χ2v) is 35.1. The Hall–Kier alpha value is -1.94. The molecule has 2 unspecified atom stereocenters. The monoisotopic (exact) mass is 1550 g/mol. The summed E-state index contributed by atoms with van der Waals surface area (Å²) in [5.74, 6) is -0.602. The van der Waals surface area contributed by atoms with Crippen molar-refractivity contribution in [2.75, 3.05) is 39.6 Å². The summed E-state index contributed by atoms with van der Waals surface area (Å²) in [6, 6.07) is 0. The third-order valence-corrected chi connectivity index (χ3v) is 22.4. The Balaban J connectivity index is 5.19. The molecule has 0 aromatic rings. The number of hydrogen-bond acceptors (Lipinski definition) is 15. The zero-order chi connectivity index (χ0) is 77.8. The molecule has 0 aliphatic heterocycles. The quantitative estimate of drug-likeness (QED) is 0.0222. The van der Waals surface area contributed by atoms with Crippen LogP contribution in [-0.2, 0) is 65.4 Å². The largest absolute Gasteiger partial charge is 0.472 e. The topological polar surface area (TPSA) is 237 Å². The fourth-order valence-electron chi connectivity index (χ4n) is 13.6. The first kappa shape index (κ1) is 104. The minimum atomic E-state index is -4.97. The smallest absolute Gasteiger partial charge is 0.462 e. The second-order valence-electron chi connectivity index (χ2n) is 32.2. The van der Waals surface area contributed by atoms with Crippen LogP contribution in [0.3, 0.4) is 0 Å². The molecule has 0 aromatic carbocycles. The lowest BCUT2D eigenvalue weighted by Crippen LogP contribution is -2.30. The molecule has 3 N–H and O–H groups in total. The number of esters is 4. The first-order chi connectivity index (χ1) is 51.4. The van der Waals surface area contributed by atoms with Gasteiger partial charge in [0.25, 0.3) is 0 Å². The molecule has 0 radical (unpaired) electrons. The molecule has 0 aliphatic rings. The number of phosphoric acid groups is 2. The summed E-state index contributed by atoms with van der Waals surface area (Å²) in [4.78, 5) is 73.2. The van der Waals surface area contributed by atoms with Gasteiger partial charge in [0.2, 0.25) is 0 Å². The maximum atomic E-state index is 13.2. The van der Waals surface area contributed by atoms with Crippen molar-refractivity contribution in [3.8, 4) is 0 Å². The van der Waals surface area contributed by atoms with Crippen LogP contribution in [-0.4, -0.2) is 96.7 Å². The van der Waals surface area contributed by atoms with Gasteiger partial charge in [-0.15, -0.1) is 0 Å². The Morgan fingerprint density at radius 3 is 0.642 bits per heavy atom. The van der Waals surface area contributed by atoms with E-state index in [-0.39, 0.29) is 25.7 Å². The second kappa shape index (κ2) is 78.3. The number of unbranched alkanes of at least 4 members (excludes halogenated alkanes) is 56. The highest BCUT2D eigenvalue weighted by atomic mass is 31.2. The van der Waals surface area contributed by atoms with Crippen LogP contribution in [0.15, 0.2) is 0 Å². The maximum absolute atomic E-state index is 13.2. The fourth-order valence-corrected chi connectivity index (χ4v) is 15.2. The van der Waals surface area contributed by atoms with E-state index in [4.69, 9.17) is 37.0 Å². The molecule has 0 saturated carbocycles. The lowest BCUT2D eigenvalue weighted by molar-refractivity contribution is -0.161. The number of rotatable bonds is 86. The third-order valence-electron chi connectivity index (χ3n) is 20.5. The number of ether oxygens (including phenoxy) is 4. The van der Waals surface area contributed by atoms with Gasteiger partial charge < -0.3 is 33.8 Å². The molecule has 0 saturated heterocycles. The van der Waals surface area contributed by atoms with Crippen LogP contribution in [0.1, 0.15) is 465 Å². The van der Waals surface area contributed by atoms with Gasteiger partial charge in [0.15, 0.2) is 12.2 Å². The first-order valence-corrected chi connectivity index (χ1v) is 48.0. The van der Waals surface area contributed by atoms with Crippen molar-refractivity contribution in [3.05, 3.63) is 0 Å². The van der Waals surface area contributed by atoms with E-state index in [0.29, 0.717) is 31.6 Å². The summed E-state index contributed by atoms with van der Waals surface area (Å²) in [6.07, 6.45) is 71.2. The highest BCUT2D eigenvalue weighted by Gasteiger charge is 2.30. The minimum absolute atomic E-state index is 0.107. The van der Waals surface area contributed by atoms with Crippen molar-refractivity contribution in [3.63, 3.8) is 0 Å². The molecular formula is C87H170O17P2. The van der Waals surface area contributed by atoms with E-state index in [1.807, 2.05) is 0 Å². The molecule has 0 spiro atoms. The summed E-state index contributed by atoms with van der Waals surface area (Å²) in [7, 11) is -9.93. The van der Waals surface area contributed by atoms with Crippen molar-refractivity contribution >= 4 is 39.5 Å². The van der Waals surface area contributed by atoms with Crippen LogP contribution in [0.25, 0.3) is 0 Å².